The van der Waals surface area contributed by atoms with Gasteiger partial charge in [-0.25, -0.2) is 13.2 Å². The minimum Gasteiger partial charge on any atom is -0.748 e. The number of nitrogens with two attached hydrogens (primary N) is 1. The summed E-state index contributed by atoms with van der Waals surface area (Å²) >= 11 is 0. The van der Waals surface area contributed by atoms with Crippen LogP contribution in [0, 0.1) is 13.8 Å². The lowest BCUT2D eigenvalue weighted by molar-refractivity contribution is -0.645. The Hall–Kier alpha value is -5.26. The van der Waals surface area contributed by atoms with Crippen LogP contribution in [-0.4, -0.2) is 388 Å². The van der Waals surface area contributed by atoms with Crippen LogP contribution >= 0.6 is 0 Å². The number of carbonyl (C=O) groups is 2. The molecule has 117 heavy (non-hydrogen) atoms. The number of pyridine rings is 1. The highest BCUT2D eigenvalue weighted by molar-refractivity contribution is 7.85. The van der Waals surface area contributed by atoms with Gasteiger partial charge < -0.3 is 148 Å². The number of hydrogen-bond acceptors (Lipinski definition) is 34. The van der Waals surface area contributed by atoms with Crippen molar-refractivity contribution in [1.29, 1.82) is 0 Å². The van der Waals surface area contributed by atoms with Crippen molar-refractivity contribution in [3.8, 4) is 17.2 Å². The maximum Gasteiger partial charge on any atom is 0.345 e. The van der Waals surface area contributed by atoms with Crippen LogP contribution in [0.4, 0.5) is 0 Å². The fourth-order valence-corrected chi connectivity index (χ4v) is 11.5. The molecule has 0 aliphatic carbocycles. The SMILES string of the molecule is COCCOCC(COCCOC)OCC(COC(COCCOC)COCCOC)Oc1ccc2c(c1)c(C(=O)Oc1c(C)cc(C(=O)NCCOCCOCCOCCOCCOCCN)cc1C)c1cc(OC(COC(COCCOC)COCCOC)COC(COCCOC)COCCOC)ccc1[n+]2CCCS(=O)(=O)[O-]. The number of nitrogens with zero attached hydrogens (tertiary/aromatic N) is 1. The highest BCUT2D eigenvalue weighted by Gasteiger charge is 2.31. The predicted molar refractivity (Wildman–Crippen MR) is 427 cm³/mol. The molecule has 0 fully saturated rings. The molecule has 4 aromatic rings. The van der Waals surface area contributed by atoms with Crippen molar-refractivity contribution in [3.05, 3.63) is 70.8 Å². The number of carbonyl (C=O) groups excluding carboxylic acids is 2. The average Bonchev–Trinajstić information content (AvgIpc) is 0.738. The summed E-state index contributed by atoms with van der Waals surface area (Å²) in [7, 11) is 7.87. The van der Waals surface area contributed by atoms with Crippen LogP contribution in [0.25, 0.3) is 21.8 Å². The minimum absolute atomic E-state index is 0.00385. The van der Waals surface area contributed by atoms with Crippen LogP contribution < -0.4 is 29.8 Å². The van der Waals surface area contributed by atoms with E-state index in [2.05, 4.69) is 5.32 Å². The molecule has 3 aromatic carbocycles. The van der Waals surface area contributed by atoms with E-state index in [-0.39, 0.29) is 198 Å². The van der Waals surface area contributed by atoms with Gasteiger partial charge in [0, 0.05) is 99.8 Å². The molecule has 1 heterocycles. The molecule has 0 atom stereocenters. The van der Waals surface area contributed by atoms with Gasteiger partial charge in [-0.15, -0.1) is 0 Å². The Morgan fingerprint density at radius 1 is 0.393 bits per heavy atom. The monoisotopic (exact) mass is 1700 g/mol. The summed E-state index contributed by atoms with van der Waals surface area (Å²) in [4.78, 5) is 29.8. The van der Waals surface area contributed by atoms with Gasteiger partial charge in [-0.3, -0.25) is 4.79 Å². The summed E-state index contributed by atoms with van der Waals surface area (Å²) in [5, 5.41) is 3.41. The third kappa shape index (κ3) is 47.1. The highest BCUT2D eigenvalue weighted by atomic mass is 32.2. The van der Waals surface area contributed by atoms with E-state index in [1.54, 1.807) is 119 Å². The van der Waals surface area contributed by atoms with Crippen molar-refractivity contribution in [1.82, 2.24) is 5.32 Å². The first-order valence-electron chi connectivity index (χ1n) is 39.5. The van der Waals surface area contributed by atoms with Crippen LogP contribution in [0.5, 0.6) is 17.2 Å². The molecule has 4 rings (SSSR count). The molecule has 1 aromatic heterocycles. The molecule has 0 spiro atoms. The Kier molecular flexibility index (Phi) is 59.9. The van der Waals surface area contributed by atoms with Crippen molar-refractivity contribution < 1.29 is 160 Å². The molecule has 36 nitrogen and oxygen atoms in total. The highest BCUT2D eigenvalue weighted by Crippen LogP contribution is 2.34. The van der Waals surface area contributed by atoms with E-state index in [0.717, 1.165) is 0 Å². The Morgan fingerprint density at radius 3 is 0.991 bits per heavy atom. The number of aromatic nitrogens is 1. The van der Waals surface area contributed by atoms with Crippen molar-refractivity contribution in [2.75, 3.05) is 327 Å². The number of aryl methyl sites for hydroxylation is 3. The van der Waals surface area contributed by atoms with Gasteiger partial charge in [-0.05, 0) is 61.4 Å². The maximum absolute atomic E-state index is 16.0. The van der Waals surface area contributed by atoms with Gasteiger partial charge in [0.15, 0.2) is 6.54 Å². The van der Waals surface area contributed by atoms with Gasteiger partial charge in [0.05, 0.1) is 278 Å². The number of rotatable bonds is 80. The fraction of sp³-hybridized carbons (Fsp3) is 0.738. The Balaban J connectivity index is 1.93. The number of hydrogen-bond donors (Lipinski definition) is 2. The number of amides is 1. The zero-order valence-corrected chi connectivity index (χ0v) is 71.2. The van der Waals surface area contributed by atoms with E-state index in [9.17, 15) is 17.8 Å². The molecule has 0 radical (unpaired) electrons. The number of fused-ring (bicyclic) bond motifs is 2. The summed E-state index contributed by atoms with van der Waals surface area (Å²) in [5.74, 6) is -1.37. The second-order valence-corrected chi connectivity index (χ2v) is 27.8. The zero-order valence-electron chi connectivity index (χ0n) is 70.4. The molecule has 0 bridgehead atoms. The molecule has 0 saturated carbocycles. The third-order valence-corrected chi connectivity index (χ3v) is 17.6. The van der Waals surface area contributed by atoms with E-state index < -0.39 is 64.4 Å². The van der Waals surface area contributed by atoms with E-state index in [1.807, 2.05) is 4.57 Å². The second-order valence-electron chi connectivity index (χ2n) is 26.3. The summed E-state index contributed by atoms with van der Waals surface area (Å²) in [6.07, 6.45) is -4.41. The molecular weight excluding hydrogens is 1560 g/mol. The van der Waals surface area contributed by atoms with Crippen LogP contribution in [0.1, 0.15) is 38.3 Å². The lowest BCUT2D eigenvalue weighted by Gasteiger charge is -2.26. The van der Waals surface area contributed by atoms with E-state index in [1.165, 1.54) is 0 Å². The summed E-state index contributed by atoms with van der Waals surface area (Å²) in [6, 6.07) is 13.4. The largest absolute Gasteiger partial charge is 0.748 e. The summed E-state index contributed by atoms with van der Waals surface area (Å²) < 4.78 is 203. The molecule has 37 heteroatoms. The molecule has 672 valence electrons. The molecule has 0 unspecified atom stereocenters. The Bertz CT molecular complexity index is 3030. The van der Waals surface area contributed by atoms with Gasteiger partial charge in [-0.2, -0.15) is 4.57 Å². The molecule has 0 aliphatic rings. The normalized spacial score (nSPS) is 12.1. The van der Waals surface area contributed by atoms with Crippen molar-refractivity contribution in [2.24, 2.45) is 5.73 Å². The lowest BCUT2D eigenvalue weighted by Crippen LogP contribution is -2.38. The number of ether oxygens (including phenoxy) is 28. The van der Waals surface area contributed by atoms with Gasteiger partial charge in [0.2, 0.25) is 11.0 Å². The molecule has 0 saturated heterocycles. The topological polar surface area (TPSA) is 392 Å². The number of esters is 1. The molecule has 3 N–H and O–H groups in total. The fourth-order valence-electron chi connectivity index (χ4n) is 11.0. The van der Waals surface area contributed by atoms with Crippen LogP contribution in [-0.2, 0) is 135 Å². The van der Waals surface area contributed by atoms with Crippen LogP contribution in [0.3, 0.4) is 0 Å². The molecule has 0 aliphatic heterocycles. The summed E-state index contributed by atoms with van der Waals surface area (Å²) in [6.45, 7) is 13.4. The van der Waals surface area contributed by atoms with E-state index in [4.69, 9.17) is 138 Å². The van der Waals surface area contributed by atoms with Crippen molar-refractivity contribution in [2.45, 2.75) is 63.4 Å². The predicted octanol–water partition coefficient (Wildman–Crippen LogP) is 3.16. The Labute approximate surface area is 690 Å². The van der Waals surface area contributed by atoms with Crippen LogP contribution in [0.15, 0.2) is 48.5 Å². The first kappa shape index (κ1) is 104. The number of nitrogens with one attached hydrogen (secondary N) is 1. The number of benzene rings is 3. The quantitative estimate of drug-likeness (QED) is 0.0160. The maximum atomic E-state index is 16.0. The van der Waals surface area contributed by atoms with E-state index >= 15 is 4.79 Å². The van der Waals surface area contributed by atoms with Gasteiger partial charge in [0.25, 0.3) is 5.91 Å². The summed E-state index contributed by atoms with van der Waals surface area (Å²) in [5.41, 5.74) is 7.43. The van der Waals surface area contributed by atoms with E-state index in [0.29, 0.717) is 140 Å². The molecule has 1 amide bonds. The Morgan fingerprint density at radius 2 is 0.692 bits per heavy atom. The zero-order chi connectivity index (χ0) is 84.6. The minimum atomic E-state index is -4.72. The van der Waals surface area contributed by atoms with Crippen LogP contribution in [0.2, 0.25) is 0 Å². The average molecular weight is 1700 g/mol. The lowest BCUT2D eigenvalue weighted by atomic mass is 10.0. The smallest absolute Gasteiger partial charge is 0.345 e. The first-order chi connectivity index (χ1) is 57.1. The standard InChI is InChI=1S/C80H133N3O33S/c1-62-46-64(79(84)82-17-20-98-38-40-100-42-44-101-43-41-99-39-37-97-19-16-81)47-63(2)78(62)116-80(85)77-73-48-65(114-71(58-110-67(50-102-29-21-89-3)51-103-30-22-90-4)59-111-68(52-104-31-23-91-5)53-105-32-24-92-6)12-14-75(73)83(18-11-45-117(86,87)88)76-15-13-66(49-74(76)77)115-72(60-112-69(54-106-33-25-93-7)55-107-34-26-94-8)61-113-70(56-108-35-27-95-9)57-109-36-28-96-10/h12-15,46-49,67-72H,11,16-45,50-61,81H2,1-10H3,(H-,82,84,86,87,88). The second kappa shape index (κ2) is 67.3. The number of methoxy groups -OCH3 is 8. The van der Waals surface area contributed by atoms with Crippen molar-refractivity contribution in [3.63, 3.8) is 0 Å². The first-order valence-corrected chi connectivity index (χ1v) is 41.0. The third-order valence-electron chi connectivity index (χ3n) is 16.8. The van der Waals surface area contributed by atoms with Gasteiger partial charge in [0.1, 0.15) is 53.9 Å². The van der Waals surface area contributed by atoms with Crippen molar-refractivity contribution >= 4 is 43.8 Å². The molecular formula is C80H133N3O33S. The van der Waals surface area contributed by atoms with Gasteiger partial charge >= 0.3 is 5.97 Å². The van der Waals surface area contributed by atoms with Gasteiger partial charge in [-0.1, -0.05) is 0 Å².